The van der Waals surface area contributed by atoms with Gasteiger partial charge in [0.25, 0.3) is 5.91 Å². The molecule has 1 aromatic carbocycles. The average Bonchev–Trinajstić information content (AvgIpc) is 2.83. The first-order valence-electron chi connectivity index (χ1n) is 5.02. The number of carbonyl (C=O) groups is 1. The highest BCUT2D eigenvalue weighted by molar-refractivity contribution is 8.01. The van der Waals surface area contributed by atoms with Crippen LogP contribution in [0.15, 0.2) is 26.9 Å². The van der Waals surface area contributed by atoms with Gasteiger partial charge in [-0.15, -0.1) is 10.2 Å². The lowest BCUT2D eigenvalue weighted by atomic mass is 10.2. The van der Waals surface area contributed by atoms with Gasteiger partial charge >= 0.3 is 0 Å². The van der Waals surface area contributed by atoms with Crippen LogP contribution in [0, 0.1) is 0 Å². The molecule has 0 bridgehead atoms. The standard InChI is InChI=1S/C10H8N4O2S2/c11-5-1-7-6(13-9(15)3-16-7)2-8(5)18-10-14-12-4-17-10/h1-2,4H,3,11H2,(H,13,15). The average molecular weight is 280 g/mol. The molecular formula is C10H8N4O2S2. The molecule has 0 atom stereocenters. The van der Waals surface area contributed by atoms with E-state index in [1.165, 1.54) is 23.1 Å². The molecule has 2 aromatic rings. The molecular weight excluding hydrogens is 272 g/mol. The highest BCUT2D eigenvalue weighted by atomic mass is 32.2. The van der Waals surface area contributed by atoms with Crippen LogP contribution in [0.2, 0.25) is 0 Å². The van der Waals surface area contributed by atoms with Crippen molar-refractivity contribution in [1.29, 1.82) is 0 Å². The maximum absolute atomic E-state index is 11.2. The number of nitrogens with one attached hydrogen (secondary N) is 1. The number of amides is 1. The van der Waals surface area contributed by atoms with Crippen LogP contribution in [0.3, 0.4) is 0 Å². The summed E-state index contributed by atoms with van der Waals surface area (Å²) in [7, 11) is 0. The first kappa shape index (κ1) is 11.3. The Hall–Kier alpha value is -1.80. The number of fused-ring (bicyclic) bond motifs is 1. The number of hydrogen-bond acceptors (Lipinski definition) is 7. The quantitative estimate of drug-likeness (QED) is 0.812. The normalized spacial score (nSPS) is 13.7. The number of nitrogens with zero attached hydrogens (tertiary/aromatic N) is 2. The minimum absolute atomic E-state index is 0.0231. The van der Waals surface area contributed by atoms with E-state index in [4.69, 9.17) is 10.5 Å². The van der Waals surface area contributed by atoms with Crippen molar-refractivity contribution in [1.82, 2.24) is 10.2 Å². The predicted octanol–water partition coefficient (Wildman–Crippen LogP) is 1.60. The number of benzene rings is 1. The van der Waals surface area contributed by atoms with Gasteiger partial charge < -0.3 is 15.8 Å². The van der Waals surface area contributed by atoms with Crippen molar-refractivity contribution in [3.05, 3.63) is 17.6 Å². The molecule has 0 radical (unpaired) electrons. The summed E-state index contributed by atoms with van der Waals surface area (Å²) < 4.78 is 6.08. The fourth-order valence-electron chi connectivity index (χ4n) is 1.51. The smallest absolute Gasteiger partial charge is 0.262 e. The highest BCUT2D eigenvalue weighted by Gasteiger charge is 2.18. The Labute approximate surface area is 111 Å². The van der Waals surface area contributed by atoms with Crippen LogP contribution in [0.4, 0.5) is 11.4 Å². The molecule has 1 amide bonds. The predicted molar refractivity (Wildman–Crippen MR) is 69.0 cm³/mol. The molecule has 8 heteroatoms. The largest absolute Gasteiger partial charge is 0.482 e. The molecule has 0 saturated carbocycles. The molecule has 18 heavy (non-hydrogen) atoms. The topological polar surface area (TPSA) is 90.1 Å². The number of aromatic nitrogens is 2. The molecule has 3 N–H and O–H groups in total. The van der Waals surface area contributed by atoms with Crippen LogP contribution in [0.5, 0.6) is 5.75 Å². The number of ether oxygens (including phenoxy) is 1. The van der Waals surface area contributed by atoms with Crippen LogP contribution < -0.4 is 15.8 Å². The van der Waals surface area contributed by atoms with Gasteiger partial charge in [-0.3, -0.25) is 4.79 Å². The molecule has 1 aliphatic heterocycles. The van der Waals surface area contributed by atoms with Crippen molar-refractivity contribution in [2.24, 2.45) is 0 Å². The van der Waals surface area contributed by atoms with Crippen molar-refractivity contribution < 1.29 is 9.53 Å². The molecule has 2 heterocycles. The third kappa shape index (κ3) is 2.12. The molecule has 0 spiro atoms. The Kier molecular flexibility index (Phi) is 2.80. The second-order valence-corrected chi connectivity index (χ2v) is 5.65. The van der Waals surface area contributed by atoms with Gasteiger partial charge in [0.1, 0.15) is 11.3 Å². The van der Waals surface area contributed by atoms with Gasteiger partial charge in [0.05, 0.1) is 5.69 Å². The van der Waals surface area contributed by atoms with Crippen molar-refractivity contribution in [2.45, 2.75) is 9.24 Å². The lowest BCUT2D eigenvalue weighted by Crippen LogP contribution is -2.25. The van der Waals surface area contributed by atoms with E-state index in [2.05, 4.69) is 15.5 Å². The Morgan fingerprint density at radius 3 is 3.17 bits per heavy atom. The summed E-state index contributed by atoms with van der Waals surface area (Å²) in [6, 6.07) is 3.49. The van der Waals surface area contributed by atoms with Crippen LogP contribution in [0.25, 0.3) is 0 Å². The molecule has 1 aliphatic rings. The van der Waals surface area contributed by atoms with Gasteiger partial charge in [0.15, 0.2) is 10.9 Å². The summed E-state index contributed by atoms with van der Waals surface area (Å²) >= 11 is 2.84. The van der Waals surface area contributed by atoms with Crippen molar-refractivity contribution >= 4 is 40.4 Å². The Morgan fingerprint density at radius 1 is 1.50 bits per heavy atom. The van der Waals surface area contributed by atoms with E-state index >= 15 is 0 Å². The molecule has 0 aliphatic carbocycles. The van der Waals surface area contributed by atoms with E-state index < -0.39 is 0 Å². The van der Waals surface area contributed by atoms with E-state index in [-0.39, 0.29) is 12.5 Å². The Morgan fingerprint density at radius 2 is 2.39 bits per heavy atom. The van der Waals surface area contributed by atoms with E-state index in [1.54, 1.807) is 17.6 Å². The highest BCUT2D eigenvalue weighted by Crippen LogP contribution is 2.39. The SMILES string of the molecule is Nc1cc2c(cc1Sc1nncs1)NC(=O)CO2. The van der Waals surface area contributed by atoms with E-state index in [0.717, 1.165) is 9.24 Å². The number of anilines is 2. The summed E-state index contributed by atoms with van der Waals surface area (Å²) in [4.78, 5) is 12.1. The van der Waals surface area contributed by atoms with Crippen LogP contribution >= 0.6 is 23.1 Å². The van der Waals surface area contributed by atoms with Gasteiger partial charge in [-0.1, -0.05) is 23.1 Å². The van der Waals surface area contributed by atoms with E-state index in [9.17, 15) is 4.79 Å². The minimum Gasteiger partial charge on any atom is -0.482 e. The number of rotatable bonds is 2. The Bertz CT molecular complexity index is 600. The summed E-state index contributed by atoms with van der Waals surface area (Å²) in [6.07, 6.45) is 0. The van der Waals surface area contributed by atoms with E-state index in [0.29, 0.717) is 17.1 Å². The number of carbonyl (C=O) groups excluding carboxylic acids is 1. The van der Waals surface area contributed by atoms with Gasteiger partial charge in [-0.25, -0.2) is 0 Å². The molecule has 6 nitrogen and oxygen atoms in total. The summed E-state index contributed by atoms with van der Waals surface area (Å²) in [5, 5.41) is 10.4. The van der Waals surface area contributed by atoms with Gasteiger partial charge in [0, 0.05) is 16.6 Å². The van der Waals surface area contributed by atoms with Crippen LogP contribution in [-0.2, 0) is 4.79 Å². The fraction of sp³-hybridized carbons (Fsp3) is 0.100. The lowest BCUT2D eigenvalue weighted by Gasteiger charge is -2.19. The molecule has 0 unspecified atom stereocenters. The maximum atomic E-state index is 11.2. The van der Waals surface area contributed by atoms with Crippen molar-refractivity contribution in [2.75, 3.05) is 17.7 Å². The second kappa shape index (κ2) is 4.46. The summed E-state index contributed by atoms with van der Waals surface area (Å²) in [6.45, 7) is 0.0231. The third-order valence-corrected chi connectivity index (χ3v) is 4.13. The van der Waals surface area contributed by atoms with Gasteiger partial charge in [-0.2, -0.15) is 0 Å². The second-order valence-electron chi connectivity index (χ2n) is 3.53. The number of nitrogen functional groups attached to an aromatic ring is 1. The van der Waals surface area contributed by atoms with E-state index in [1.807, 2.05) is 0 Å². The number of hydrogen-bond donors (Lipinski definition) is 2. The van der Waals surface area contributed by atoms with Gasteiger partial charge in [-0.05, 0) is 6.07 Å². The van der Waals surface area contributed by atoms with Gasteiger partial charge in [0.2, 0.25) is 0 Å². The molecule has 92 valence electrons. The summed E-state index contributed by atoms with van der Waals surface area (Å²) in [5.74, 6) is 0.424. The minimum atomic E-state index is -0.167. The molecule has 3 rings (SSSR count). The fourth-order valence-corrected chi connectivity index (χ4v) is 3.01. The monoisotopic (exact) mass is 280 g/mol. The van der Waals surface area contributed by atoms with Crippen molar-refractivity contribution in [3.63, 3.8) is 0 Å². The zero-order valence-corrected chi connectivity index (χ0v) is 10.7. The lowest BCUT2D eigenvalue weighted by molar-refractivity contribution is -0.118. The molecule has 1 aromatic heterocycles. The number of nitrogens with two attached hydrogens (primary N) is 1. The van der Waals surface area contributed by atoms with Crippen LogP contribution in [-0.4, -0.2) is 22.7 Å². The maximum Gasteiger partial charge on any atom is 0.262 e. The molecule has 0 fully saturated rings. The molecule has 0 saturated heterocycles. The first-order chi connectivity index (χ1) is 8.72. The third-order valence-electron chi connectivity index (χ3n) is 2.28. The van der Waals surface area contributed by atoms with Crippen molar-refractivity contribution in [3.8, 4) is 5.75 Å². The zero-order valence-electron chi connectivity index (χ0n) is 9.04. The van der Waals surface area contributed by atoms with Crippen LogP contribution in [0.1, 0.15) is 0 Å². The Balaban J connectivity index is 1.95. The first-order valence-corrected chi connectivity index (χ1v) is 6.72. The summed E-state index contributed by atoms with van der Waals surface area (Å²) in [5.41, 5.74) is 8.81. The zero-order chi connectivity index (χ0) is 12.5.